The zero-order chi connectivity index (χ0) is 20.3. The number of nitrogens with zero attached hydrogens (tertiary/aromatic N) is 4. The number of hydrogen-bond donors (Lipinski definition) is 0. The Balaban J connectivity index is 1.40. The van der Waals surface area contributed by atoms with Crippen LogP contribution < -0.4 is 0 Å². The van der Waals surface area contributed by atoms with Crippen molar-refractivity contribution in [3.63, 3.8) is 0 Å². The lowest BCUT2D eigenvalue weighted by Gasteiger charge is -2.26. The zero-order valence-electron chi connectivity index (χ0n) is 16.1. The first-order valence-corrected chi connectivity index (χ1v) is 12.2. The van der Waals surface area contributed by atoms with Gasteiger partial charge >= 0.3 is 0 Å². The van der Waals surface area contributed by atoms with Gasteiger partial charge in [-0.25, -0.2) is 8.42 Å². The molecule has 1 aromatic heterocycles. The zero-order valence-corrected chi connectivity index (χ0v) is 17.8. The number of ketones is 1. The minimum absolute atomic E-state index is 0.0590. The average Bonchev–Trinajstić information content (AvgIpc) is 2.98. The standard InChI is InChI=1S/C19H24N4O4S2/c24-17(14-28-19-21-20-18-4-2-1-3-9-23(18)19)15-5-7-16(8-6-15)29(25,26)22-10-12-27-13-11-22/h5-8H,1-4,9-14H2. The third kappa shape index (κ3) is 4.55. The SMILES string of the molecule is O=C(CSc1nnc2n1CCCCC2)c1ccc(S(=O)(=O)N2CCOCC2)cc1. The van der Waals surface area contributed by atoms with E-state index in [4.69, 9.17) is 4.74 Å². The Kier molecular flexibility index (Phi) is 6.33. The highest BCUT2D eigenvalue weighted by Gasteiger charge is 2.26. The van der Waals surface area contributed by atoms with E-state index in [0.29, 0.717) is 31.9 Å². The van der Waals surface area contributed by atoms with E-state index >= 15 is 0 Å². The summed E-state index contributed by atoms with van der Waals surface area (Å²) in [5, 5.41) is 9.26. The van der Waals surface area contributed by atoms with Gasteiger partial charge in [0.1, 0.15) is 5.82 Å². The topological polar surface area (TPSA) is 94.4 Å². The van der Waals surface area contributed by atoms with Crippen molar-refractivity contribution in [3.05, 3.63) is 35.7 Å². The van der Waals surface area contributed by atoms with Gasteiger partial charge in [0.05, 0.1) is 23.9 Å². The molecule has 1 fully saturated rings. The molecule has 0 atom stereocenters. The Labute approximate surface area is 174 Å². The lowest BCUT2D eigenvalue weighted by atomic mass is 10.1. The number of benzene rings is 1. The van der Waals surface area contributed by atoms with Crippen LogP contribution in [0.2, 0.25) is 0 Å². The number of rotatable bonds is 6. The fourth-order valence-electron chi connectivity index (χ4n) is 3.53. The van der Waals surface area contributed by atoms with E-state index in [1.54, 1.807) is 12.1 Å². The largest absolute Gasteiger partial charge is 0.379 e. The second-order valence-electron chi connectivity index (χ2n) is 7.11. The van der Waals surface area contributed by atoms with Crippen molar-refractivity contribution in [2.24, 2.45) is 0 Å². The van der Waals surface area contributed by atoms with Crippen molar-refractivity contribution < 1.29 is 17.9 Å². The van der Waals surface area contributed by atoms with Crippen LogP contribution in [0.1, 0.15) is 35.4 Å². The Morgan fingerprint density at radius 1 is 1.03 bits per heavy atom. The minimum atomic E-state index is -3.55. The van der Waals surface area contributed by atoms with Crippen molar-refractivity contribution in [1.29, 1.82) is 0 Å². The van der Waals surface area contributed by atoms with Crippen LogP contribution in [0.15, 0.2) is 34.3 Å². The molecule has 0 bridgehead atoms. The lowest BCUT2D eigenvalue weighted by Crippen LogP contribution is -2.40. The second kappa shape index (κ2) is 8.95. The van der Waals surface area contributed by atoms with Gasteiger partial charge in [-0.3, -0.25) is 4.79 Å². The highest BCUT2D eigenvalue weighted by Crippen LogP contribution is 2.23. The van der Waals surface area contributed by atoms with Crippen molar-refractivity contribution in [3.8, 4) is 0 Å². The summed E-state index contributed by atoms with van der Waals surface area (Å²) >= 11 is 1.39. The Morgan fingerprint density at radius 2 is 1.79 bits per heavy atom. The van der Waals surface area contributed by atoms with E-state index in [-0.39, 0.29) is 16.4 Å². The number of ether oxygens (including phenoxy) is 1. The first kappa shape index (κ1) is 20.5. The molecule has 2 aromatic rings. The third-order valence-electron chi connectivity index (χ3n) is 5.19. The molecule has 1 aromatic carbocycles. The predicted octanol–water partition coefficient (Wildman–Crippen LogP) is 2.00. The molecule has 156 valence electrons. The Morgan fingerprint density at radius 3 is 2.55 bits per heavy atom. The van der Waals surface area contributed by atoms with Gasteiger partial charge in [-0.1, -0.05) is 30.3 Å². The van der Waals surface area contributed by atoms with Crippen LogP contribution in [0.5, 0.6) is 0 Å². The van der Waals surface area contributed by atoms with E-state index < -0.39 is 10.0 Å². The van der Waals surface area contributed by atoms with E-state index in [0.717, 1.165) is 36.8 Å². The van der Waals surface area contributed by atoms with Crippen molar-refractivity contribution in [2.75, 3.05) is 32.1 Å². The van der Waals surface area contributed by atoms with Gasteiger partial charge in [0.2, 0.25) is 10.0 Å². The van der Waals surface area contributed by atoms with E-state index in [9.17, 15) is 13.2 Å². The van der Waals surface area contributed by atoms with Gasteiger partial charge in [0.15, 0.2) is 10.9 Å². The van der Waals surface area contributed by atoms with Crippen LogP contribution in [0.4, 0.5) is 0 Å². The molecule has 0 N–H and O–H groups in total. The molecule has 8 nitrogen and oxygen atoms in total. The van der Waals surface area contributed by atoms with Crippen LogP contribution >= 0.6 is 11.8 Å². The molecule has 29 heavy (non-hydrogen) atoms. The molecule has 0 amide bonds. The number of hydrogen-bond acceptors (Lipinski definition) is 7. The molecule has 10 heteroatoms. The molecule has 2 aliphatic heterocycles. The number of fused-ring (bicyclic) bond motifs is 1. The van der Waals surface area contributed by atoms with Crippen LogP contribution in [0.25, 0.3) is 0 Å². The maximum absolute atomic E-state index is 12.7. The molecular formula is C19H24N4O4S2. The number of thioether (sulfide) groups is 1. The molecule has 4 rings (SSSR count). The van der Waals surface area contributed by atoms with Gasteiger partial charge in [0, 0.05) is 31.6 Å². The van der Waals surface area contributed by atoms with E-state index in [1.165, 1.54) is 34.6 Å². The van der Waals surface area contributed by atoms with Crippen LogP contribution in [-0.2, 0) is 27.7 Å². The lowest BCUT2D eigenvalue weighted by molar-refractivity contribution is 0.0730. The summed E-state index contributed by atoms with van der Waals surface area (Å²) in [6, 6.07) is 6.18. The summed E-state index contributed by atoms with van der Waals surface area (Å²) in [7, 11) is -3.55. The van der Waals surface area contributed by atoms with Crippen molar-refractivity contribution in [2.45, 2.75) is 42.3 Å². The summed E-state index contributed by atoms with van der Waals surface area (Å²) in [6.45, 7) is 2.40. The van der Waals surface area contributed by atoms with Gasteiger partial charge in [-0.05, 0) is 25.0 Å². The van der Waals surface area contributed by atoms with Gasteiger partial charge in [-0.2, -0.15) is 4.31 Å². The number of Topliss-reactive ketones (excluding diaryl/α,β-unsaturated/α-hetero) is 1. The number of morpholine rings is 1. The highest BCUT2D eigenvalue weighted by molar-refractivity contribution is 7.99. The number of aromatic nitrogens is 3. The monoisotopic (exact) mass is 436 g/mol. The third-order valence-corrected chi connectivity index (χ3v) is 8.07. The fourth-order valence-corrected chi connectivity index (χ4v) is 5.81. The van der Waals surface area contributed by atoms with Gasteiger partial charge in [-0.15, -0.1) is 10.2 Å². The quantitative estimate of drug-likeness (QED) is 0.505. The molecular weight excluding hydrogens is 412 g/mol. The fraction of sp³-hybridized carbons (Fsp3) is 0.526. The summed E-state index contributed by atoms with van der Waals surface area (Å²) in [6.07, 6.45) is 4.35. The number of carbonyl (C=O) groups is 1. The molecule has 0 spiro atoms. The van der Waals surface area contributed by atoms with Crippen molar-refractivity contribution >= 4 is 27.6 Å². The number of sulfonamides is 1. The Bertz CT molecular complexity index is 967. The highest BCUT2D eigenvalue weighted by atomic mass is 32.2. The predicted molar refractivity (Wildman–Crippen MR) is 109 cm³/mol. The molecule has 2 aliphatic rings. The van der Waals surface area contributed by atoms with Crippen LogP contribution in [0.3, 0.4) is 0 Å². The second-order valence-corrected chi connectivity index (χ2v) is 9.99. The van der Waals surface area contributed by atoms with Crippen LogP contribution in [-0.4, -0.2) is 65.3 Å². The smallest absolute Gasteiger partial charge is 0.243 e. The molecule has 0 unspecified atom stereocenters. The molecule has 0 radical (unpaired) electrons. The first-order chi connectivity index (χ1) is 14.1. The maximum atomic E-state index is 12.7. The molecule has 1 saturated heterocycles. The maximum Gasteiger partial charge on any atom is 0.243 e. The molecule has 3 heterocycles. The molecule has 0 saturated carbocycles. The summed E-state index contributed by atoms with van der Waals surface area (Å²) in [4.78, 5) is 12.8. The van der Waals surface area contributed by atoms with Gasteiger partial charge < -0.3 is 9.30 Å². The summed E-state index contributed by atoms with van der Waals surface area (Å²) < 4.78 is 34.1. The minimum Gasteiger partial charge on any atom is -0.379 e. The number of aryl methyl sites for hydroxylation is 1. The first-order valence-electron chi connectivity index (χ1n) is 9.82. The molecule has 0 aliphatic carbocycles. The normalized spacial score (nSPS) is 18.2. The Hall–Kier alpha value is -1.75. The van der Waals surface area contributed by atoms with E-state index in [2.05, 4.69) is 14.8 Å². The summed E-state index contributed by atoms with van der Waals surface area (Å²) in [5.41, 5.74) is 0.494. The number of carbonyl (C=O) groups excluding carboxylic acids is 1. The average molecular weight is 437 g/mol. The summed E-state index contributed by atoms with van der Waals surface area (Å²) in [5.74, 6) is 1.18. The van der Waals surface area contributed by atoms with Crippen LogP contribution in [0, 0.1) is 0 Å². The van der Waals surface area contributed by atoms with Gasteiger partial charge in [0.25, 0.3) is 0 Å². The van der Waals surface area contributed by atoms with Crippen molar-refractivity contribution in [1.82, 2.24) is 19.1 Å². The van der Waals surface area contributed by atoms with E-state index in [1.807, 2.05) is 0 Å².